The van der Waals surface area contributed by atoms with Crippen molar-refractivity contribution in [1.29, 1.82) is 0 Å². The lowest BCUT2D eigenvalue weighted by molar-refractivity contribution is -0.131. The van der Waals surface area contributed by atoms with E-state index < -0.39 is 0 Å². The standard InChI is InChI=1S/C10H19N3O2S/c1-16-7-4-9(14)13-5-2-8(3-6-13)10(11)12-15/h8,15H,2-7H2,1H3,(H2,11,12). The highest BCUT2D eigenvalue weighted by atomic mass is 32.2. The monoisotopic (exact) mass is 245 g/mol. The predicted octanol–water partition coefficient (Wildman–Crippen LogP) is 0.725. The number of piperidine rings is 1. The molecule has 1 amide bonds. The second-order valence-corrected chi connectivity index (χ2v) is 4.91. The van der Waals surface area contributed by atoms with Crippen molar-refractivity contribution in [2.75, 3.05) is 25.1 Å². The van der Waals surface area contributed by atoms with Gasteiger partial charge in [-0.15, -0.1) is 0 Å². The Balaban J connectivity index is 2.34. The Morgan fingerprint density at radius 2 is 2.19 bits per heavy atom. The number of nitrogens with two attached hydrogens (primary N) is 1. The minimum atomic E-state index is 0.120. The van der Waals surface area contributed by atoms with Crippen molar-refractivity contribution in [3.8, 4) is 0 Å². The largest absolute Gasteiger partial charge is 0.409 e. The molecule has 0 unspecified atom stereocenters. The SMILES string of the molecule is CSCCC(=O)N1CCC(C(N)=NO)CC1. The summed E-state index contributed by atoms with van der Waals surface area (Å²) in [6.45, 7) is 1.43. The molecule has 16 heavy (non-hydrogen) atoms. The van der Waals surface area contributed by atoms with Gasteiger partial charge in [-0.05, 0) is 19.1 Å². The van der Waals surface area contributed by atoms with Crippen LogP contribution in [0.25, 0.3) is 0 Å². The smallest absolute Gasteiger partial charge is 0.223 e. The van der Waals surface area contributed by atoms with Crippen LogP contribution < -0.4 is 5.73 Å². The summed E-state index contributed by atoms with van der Waals surface area (Å²) in [5, 5.41) is 11.6. The molecule has 0 saturated carbocycles. The van der Waals surface area contributed by atoms with Crippen LogP contribution >= 0.6 is 11.8 Å². The molecule has 5 nitrogen and oxygen atoms in total. The number of thioether (sulfide) groups is 1. The third kappa shape index (κ3) is 3.59. The molecule has 0 aliphatic carbocycles. The highest BCUT2D eigenvalue weighted by molar-refractivity contribution is 7.98. The van der Waals surface area contributed by atoms with E-state index in [0.29, 0.717) is 19.5 Å². The Morgan fingerprint density at radius 3 is 2.69 bits per heavy atom. The third-order valence-electron chi connectivity index (χ3n) is 2.90. The molecule has 0 bridgehead atoms. The number of hydrogen-bond donors (Lipinski definition) is 2. The maximum absolute atomic E-state index is 11.7. The second kappa shape index (κ2) is 6.62. The van der Waals surface area contributed by atoms with Gasteiger partial charge < -0.3 is 15.8 Å². The molecule has 1 aliphatic rings. The van der Waals surface area contributed by atoms with Crippen LogP contribution in [-0.2, 0) is 4.79 Å². The normalized spacial score (nSPS) is 18.8. The summed E-state index contributed by atoms with van der Waals surface area (Å²) in [7, 11) is 0. The third-order valence-corrected chi connectivity index (χ3v) is 3.51. The molecule has 6 heteroatoms. The molecule has 0 aromatic carbocycles. The molecule has 0 spiro atoms. The van der Waals surface area contributed by atoms with E-state index in [2.05, 4.69) is 5.16 Å². The van der Waals surface area contributed by atoms with Gasteiger partial charge in [0.15, 0.2) is 0 Å². The van der Waals surface area contributed by atoms with Gasteiger partial charge in [-0.3, -0.25) is 4.79 Å². The number of nitrogens with zero attached hydrogens (tertiary/aromatic N) is 2. The summed E-state index contributed by atoms with van der Waals surface area (Å²) in [6.07, 6.45) is 4.19. The summed E-state index contributed by atoms with van der Waals surface area (Å²) < 4.78 is 0. The van der Waals surface area contributed by atoms with Gasteiger partial charge in [-0.25, -0.2) is 0 Å². The van der Waals surface area contributed by atoms with Crippen molar-refractivity contribution in [3.63, 3.8) is 0 Å². The van der Waals surface area contributed by atoms with Crippen molar-refractivity contribution in [2.24, 2.45) is 16.8 Å². The summed E-state index contributed by atoms with van der Waals surface area (Å²) in [5.74, 6) is 1.50. The zero-order valence-corrected chi connectivity index (χ0v) is 10.4. The zero-order chi connectivity index (χ0) is 12.0. The first-order valence-corrected chi connectivity index (χ1v) is 6.82. The highest BCUT2D eigenvalue weighted by Crippen LogP contribution is 2.18. The zero-order valence-electron chi connectivity index (χ0n) is 9.56. The first-order valence-electron chi connectivity index (χ1n) is 5.43. The van der Waals surface area contributed by atoms with E-state index in [1.807, 2.05) is 11.2 Å². The van der Waals surface area contributed by atoms with Crippen molar-refractivity contribution in [1.82, 2.24) is 4.90 Å². The summed E-state index contributed by atoms with van der Waals surface area (Å²) in [5.41, 5.74) is 5.54. The van der Waals surface area contributed by atoms with Crippen molar-refractivity contribution < 1.29 is 10.0 Å². The summed E-state index contributed by atoms with van der Waals surface area (Å²) >= 11 is 1.68. The van der Waals surface area contributed by atoms with Crippen LogP contribution in [0.2, 0.25) is 0 Å². The Kier molecular flexibility index (Phi) is 5.45. The fourth-order valence-electron chi connectivity index (χ4n) is 1.85. The van der Waals surface area contributed by atoms with Crippen molar-refractivity contribution in [3.05, 3.63) is 0 Å². The van der Waals surface area contributed by atoms with Crippen LogP contribution in [0.4, 0.5) is 0 Å². The molecule has 1 aliphatic heterocycles. The second-order valence-electron chi connectivity index (χ2n) is 3.92. The first kappa shape index (κ1) is 13.2. The molecule has 0 atom stereocenters. The molecule has 1 saturated heterocycles. The topological polar surface area (TPSA) is 78.9 Å². The van der Waals surface area contributed by atoms with E-state index in [-0.39, 0.29) is 17.7 Å². The quantitative estimate of drug-likeness (QED) is 0.331. The molecule has 92 valence electrons. The van der Waals surface area contributed by atoms with Gasteiger partial charge in [0.2, 0.25) is 5.91 Å². The van der Waals surface area contributed by atoms with Crippen molar-refractivity contribution in [2.45, 2.75) is 19.3 Å². The van der Waals surface area contributed by atoms with Gasteiger partial charge in [-0.2, -0.15) is 11.8 Å². The summed E-state index contributed by atoms with van der Waals surface area (Å²) in [4.78, 5) is 13.6. The van der Waals surface area contributed by atoms with E-state index in [4.69, 9.17) is 10.9 Å². The van der Waals surface area contributed by atoms with Crippen LogP contribution in [0.5, 0.6) is 0 Å². The van der Waals surface area contributed by atoms with Crippen LogP contribution in [-0.4, -0.2) is 46.9 Å². The van der Waals surface area contributed by atoms with Gasteiger partial charge in [0, 0.05) is 31.2 Å². The fourth-order valence-corrected chi connectivity index (χ4v) is 2.23. The summed E-state index contributed by atoms with van der Waals surface area (Å²) in [6, 6.07) is 0. The molecular weight excluding hydrogens is 226 g/mol. The van der Waals surface area contributed by atoms with Crippen LogP contribution in [0.15, 0.2) is 5.16 Å². The average molecular weight is 245 g/mol. The van der Waals surface area contributed by atoms with E-state index in [1.165, 1.54) is 0 Å². The molecular formula is C10H19N3O2S. The number of likely N-dealkylation sites (tertiary alicyclic amines) is 1. The minimum Gasteiger partial charge on any atom is -0.409 e. The molecule has 0 radical (unpaired) electrons. The number of carbonyl (C=O) groups is 1. The average Bonchev–Trinajstić information content (AvgIpc) is 2.35. The maximum Gasteiger partial charge on any atom is 0.223 e. The lowest BCUT2D eigenvalue weighted by Gasteiger charge is -2.31. The lowest BCUT2D eigenvalue weighted by atomic mass is 9.96. The van der Waals surface area contributed by atoms with E-state index in [0.717, 1.165) is 18.6 Å². The van der Waals surface area contributed by atoms with Crippen LogP contribution in [0.1, 0.15) is 19.3 Å². The number of hydrogen-bond acceptors (Lipinski definition) is 4. The number of rotatable bonds is 4. The minimum absolute atomic E-state index is 0.120. The number of amidine groups is 1. The van der Waals surface area contributed by atoms with Gasteiger partial charge in [0.05, 0.1) is 0 Å². The Bertz CT molecular complexity index is 263. The van der Waals surface area contributed by atoms with Gasteiger partial charge in [-0.1, -0.05) is 5.16 Å². The van der Waals surface area contributed by atoms with Gasteiger partial charge in [0.25, 0.3) is 0 Å². The van der Waals surface area contributed by atoms with E-state index in [9.17, 15) is 4.79 Å². The van der Waals surface area contributed by atoms with Crippen molar-refractivity contribution >= 4 is 23.5 Å². The highest BCUT2D eigenvalue weighted by Gasteiger charge is 2.24. The molecule has 1 rings (SSSR count). The predicted molar refractivity (Wildman–Crippen MR) is 65.7 cm³/mol. The number of carbonyl (C=O) groups excluding carboxylic acids is 1. The molecule has 3 N–H and O–H groups in total. The van der Waals surface area contributed by atoms with Crippen LogP contribution in [0.3, 0.4) is 0 Å². The molecule has 1 heterocycles. The molecule has 0 aromatic heterocycles. The first-order chi connectivity index (χ1) is 7.69. The van der Waals surface area contributed by atoms with E-state index >= 15 is 0 Å². The fraction of sp³-hybridized carbons (Fsp3) is 0.800. The van der Waals surface area contributed by atoms with E-state index in [1.54, 1.807) is 11.8 Å². The number of oxime groups is 1. The maximum atomic E-state index is 11.7. The van der Waals surface area contributed by atoms with Gasteiger partial charge >= 0.3 is 0 Å². The Labute approximate surface area is 100 Å². The Hall–Kier alpha value is -0.910. The Morgan fingerprint density at radius 1 is 1.56 bits per heavy atom. The molecule has 1 fully saturated rings. The number of amides is 1. The van der Waals surface area contributed by atoms with Crippen LogP contribution in [0, 0.1) is 5.92 Å². The lowest BCUT2D eigenvalue weighted by Crippen LogP contribution is -2.41. The van der Waals surface area contributed by atoms with Gasteiger partial charge in [0.1, 0.15) is 5.84 Å². The molecule has 0 aromatic rings.